The first kappa shape index (κ1) is 23.3. The number of aliphatic hydroxyl groups excluding tert-OH is 1. The van der Waals surface area contributed by atoms with Gasteiger partial charge in [0.1, 0.15) is 0 Å². The third-order valence-corrected chi connectivity index (χ3v) is 4.18. The van der Waals surface area contributed by atoms with Crippen molar-refractivity contribution in [3.63, 3.8) is 0 Å². The lowest BCUT2D eigenvalue weighted by Crippen LogP contribution is -2.25. The zero-order chi connectivity index (χ0) is 21.0. The van der Waals surface area contributed by atoms with E-state index >= 15 is 0 Å². The Morgan fingerprint density at radius 1 is 0.778 bits per heavy atom. The summed E-state index contributed by atoms with van der Waals surface area (Å²) in [5, 5.41) is 19.5. The van der Waals surface area contributed by atoms with E-state index in [1.54, 1.807) is 33.2 Å². The molecule has 0 aliphatic heterocycles. The third kappa shape index (κ3) is 6.71. The largest absolute Gasteiger partial charge is 0.389 e. The van der Waals surface area contributed by atoms with Crippen molar-refractivity contribution in [1.82, 2.24) is 9.97 Å². The highest BCUT2D eigenvalue weighted by molar-refractivity contribution is 5.30. The molecule has 0 fully saturated rings. The summed E-state index contributed by atoms with van der Waals surface area (Å²) < 4.78 is 0. The minimum absolute atomic E-state index is 0.00637. The topological polar surface area (TPSA) is 66.2 Å². The Morgan fingerprint density at radius 3 is 1.56 bits per heavy atom. The summed E-state index contributed by atoms with van der Waals surface area (Å²) in [5.74, 6) is 0. The standard InChI is InChI=1S/C12H19NO.C11H17NO/c1-11(2,3)10-9(12(4,5)14)7-6-8-13-10;1-8(13)9-6-5-7-12-10(9)11(2,3)4/h6-8,14H,1-5H3;5-8,13H,1-4H3. The Morgan fingerprint density at radius 2 is 1.22 bits per heavy atom. The molecule has 2 aromatic heterocycles. The highest BCUT2D eigenvalue weighted by atomic mass is 16.3. The fourth-order valence-electron chi connectivity index (χ4n) is 2.88. The molecule has 0 aromatic carbocycles. The van der Waals surface area contributed by atoms with Gasteiger partial charge in [-0.05, 0) is 32.9 Å². The van der Waals surface area contributed by atoms with Crippen molar-refractivity contribution >= 4 is 0 Å². The lowest BCUT2D eigenvalue weighted by molar-refractivity contribution is 0.0760. The van der Waals surface area contributed by atoms with Crippen molar-refractivity contribution in [3.8, 4) is 0 Å². The molecule has 2 rings (SSSR count). The molecule has 2 heterocycles. The van der Waals surface area contributed by atoms with Gasteiger partial charge in [0, 0.05) is 34.4 Å². The second-order valence-electron chi connectivity index (χ2n) is 9.58. The molecule has 4 nitrogen and oxygen atoms in total. The molecule has 1 atom stereocenters. The Bertz CT molecular complexity index is 700. The van der Waals surface area contributed by atoms with Crippen molar-refractivity contribution in [2.75, 3.05) is 0 Å². The molecular weight excluding hydrogens is 336 g/mol. The average Bonchev–Trinajstić information content (AvgIpc) is 2.53. The van der Waals surface area contributed by atoms with Gasteiger partial charge in [-0.1, -0.05) is 53.7 Å². The second kappa shape index (κ2) is 8.49. The normalized spacial score (nSPS) is 13.6. The molecule has 1 unspecified atom stereocenters. The lowest BCUT2D eigenvalue weighted by Gasteiger charge is -2.27. The Labute approximate surface area is 164 Å². The number of aliphatic hydroxyl groups is 2. The Hall–Kier alpha value is -1.78. The van der Waals surface area contributed by atoms with E-state index in [1.165, 1.54) is 0 Å². The Kier molecular flexibility index (Phi) is 7.31. The van der Waals surface area contributed by atoms with Gasteiger partial charge >= 0.3 is 0 Å². The van der Waals surface area contributed by atoms with Crippen LogP contribution in [0.3, 0.4) is 0 Å². The Balaban J connectivity index is 0.000000271. The lowest BCUT2D eigenvalue weighted by atomic mass is 9.83. The molecule has 0 aliphatic carbocycles. The number of aromatic nitrogens is 2. The van der Waals surface area contributed by atoms with E-state index in [0.717, 1.165) is 22.5 Å². The first-order valence-corrected chi connectivity index (χ1v) is 9.47. The van der Waals surface area contributed by atoms with Crippen LogP contribution in [0.4, 0.5) is 0 Å². The second-order valence-corrected chi connectivity index (χ2v) is 9.58. The maximum Gasteiger partial charge on any atom is 0.0858 e. The number of nitrogens with zero attached hydrogens (tertiary/aromatic N) is 2. The van der Waals surface area contributed by atoms with E-state index in [-0.39, 0.29) is 10.8 Å². The minimum atomic E-state index is -0.823. The summed E-state index contributed by atoms with van der Waals surface area (Å²) in [7, 11) is 0. The van der Waals surface area contributed by atoms with Crippen LogP contribution in [0.5, 0.6) is 0 Å². The molecule has 2 aromatic rings. The summed E-state index contributed by atoms with van der Waals surface area (Å²) in [4.78, 5) is 8.67. The third-order valence-electron chi connectivity index (χ3n) is 4.18. The molecule has 27 heavy (non-hydrogen) atoms. The molecule has 4 heteroatoms. The first-order valence-electron chi connectivity index (χ1n) is 9.47. The maximum absolute atomic E-state index is 9.99. The van der Waals surface area contributed by atoms with Gasteiger partial charge in [0.05, 0.1) is 23.1 Å². The van der Waals surface area contributed by atoms with Gasteiger partial charge in [-0.2, -0.15) is 0 Å². The van der Waals surface area contributed by atoms with Crippen molar-refractivity contribution in [3.05, 3.63) is 59.2 Å². The zero-order valence-corrected chi connectivity index (χ0v) is 18.3. The summed E-state index contributed by atoms with van der Waals surface area (Å²) in [6, 6.07) is 7.59. The predicted octanol–water partition coefficient (Wildman–Crippen LogP) is 5.04. The molecule has 2 N–H and O–H groups in total. The molecular formula is C23H36N2O2. The van der Waals surface area contributed by atoms with Crippen LogP contribution in [0.25, 0.3) is 0 Å². The van der Waals surface area contributed by atoms with Crippen LogP contribution in [0.15, 0.2) is 36.7 Å². The van der Waals surface area contributed by atoms with Crippen LogP contribution in [0, 0.1) is 0 Å². The average molecular weight is 373 g/mol. The van der Waals surface area contributed by atoms with E-state index in [2.05, 4.69) is 51.5 Å². The van der Waals surface area contributed by atoms with Crippen LogP contribution in [0.1, 0.15) is 90.9 Å². The van der Waals surface area contributed by atoms with Gasteiger partial charge in [0.15, 0.2) is 0 Å². The van der Waals surface area contributed by atoms with Gasteiger partial charge in [0.25, 0.3) is 0 Å². The van der Waals surface area contributed by atoms with Crippen LogP contribution in [0.2, 0.25) is 0 Å². The highest BCUT2D eigenvalue weighted by Gasteiger charge is 2.27. The van der Waals surface area contributed by atoms with Gasteiger partial charge in [-0.25, -0.2) is 0 Å². The van der Waals surface area contributed by atoms with Crippen molar-refractivity contribution in [2.45, 2.75) is 84.8 Å². The molecule has 0 amide bonds. The summed E-state index contributed by atoms with van der Waals surface area (Å²) in [6.07, 6.45) is 3.10. The monoisotopic (exact) mass is 372 g/mol. The van der Waals surface area contributed by atoms with Crippen LogP contribution >= 0.6 is 0 Å². The van der Waals surface area contributed by atoms with Gasteiger partial charge in [-0.15, -0.1) is 0 Å². The quantitative estimate of drug-likeness (QED) is 0.775. The number of rotatable bonds is 2. The van der Waals surface area contributed by atoms with Crippen molar-refractivity contribution in [1.29, 1.82) is 0 Å². The minimum Gasteiger partial charge on any atom is -0.389 e. The fraction of sp³-hybridized carbons (Fsp3) is 0.565. The highest BCUT2D eigenvalue weighted by Crippen LogP contribution is 2.30. The summed E-state index contributed by atoms with van der Waals surface area (Å²) in [6.45, 7) is 18.0. The van der Waals surface area contributed by atoms with Crippen LogP contribution in [-0.4, -0.2) is 20.2 Å². The number of hydrogen-bond donors (Lipinski definition) is 2. The van der Waals surface area contributed by atoms with E-state index < -0.39 is 11.7 Å². The zero-order valence-electron chi connectivity index (χ0n) is 18.3. The predicted molar refractivity (Wildman–Crippen MR) is 112 cm³/mol. The van der Waals surface area contributed by atoms with E-state index in [1.807, 2.05) is 24.3 Å². The van der Waals surface area contributed by atoms with Crippen molar-refractivity contribution in [2.24, 2.45) is 0 Å². The van der Waals surface area contributed by atoms with Gasteiger partial charge in [0.2, 0.25) is 0 Å². The van der Waals surface area contributed by atoms with E-state index in [0.29, 0.717) is 0 Å². The number of hydrogen-bond acceptors (Lipinski definition) is 4. The maximum atomic E-state index is 9.99. The molecule has 0 spiro atoms. The fourth-order valence-corrected chi connectivity index (χ4v) is 2.88. The van der Waals surface area contributed by atoms with Crippen LogP contribution in [-0.2, 0) is 16.4 Å². The smallest absolute Gasteiger partial charge is 0.0858 e. The van der Waals surface area contributed by atoms with E-state index in [4.69, 9.17) is 0 Å². The number of pyridine rings is 2. The van der Waals surface area contributed by atoms with Gasteiger partial charge < -0.3 is 10.2 Å². The first-order chi connectivity index (χ1) is 12.2. The summed E-state index contributed by atoms with van der Waals surface area (Å²) in [5.41, 5.74) is 2.92. The van der Waals surface area contributed by atoms with Crippen molar-refractivity contribution < 1.29 is 10.2 Å². The molecule has 0 saturated carbocycles. The molecule has 0 saturated heterocycles. The molecule has 0 aliphatic rings. The summed E-state index contributed by atoms with van der Waals surface area (Å²) >= 11 is 0. The SMILES string of the molecule is CC(C)(C)c1ncccc1C(C)(C)O.CC(O)c1cccnc1C(C)(C)C. The van der Waals surface area contributed by atoms with Gasteiger partial charge in [-0.3, -0.25) is 9.97 Å². The molecule has 150 valence electrons. The van der Waals surface area contributed by atoms with Crippen LogP contribution < -0.4 is 0 Å². The molecule has 0 bridgehead atoms. The van der Waals surface area contributed by atoms with E-state index in [9.17, 15) is 10.2 Å². The molecule has 0 radical (unpaired) electrons.